The Morgan fingerprint density at radius 1 is 1.43 bits per heavy atom. The minimum absolute atomic E-state index is 0.0438. The summed E-state index contributed by atoms with van der Waals surface area (Å²) in [4.78, 5) is 11.3. The highest BCUT2D eigenvalue weighted by Gasteiger charge is 2.20. The fourth-order valence-corrected chi connectivity index (χ4v) is 0.829. The maximum Gasteiger partial charge on any atom is 0.408 e. The number of carbonyl (C=O) groups excluding carboxylic acids is 1. The van der Waals surface area contributed by atoms with Crippen LogP contribution in [-0.2, 0) is 4.74 Å². The van der Waals surface area contributed by atoms with Crippen molar-refractivity contribution in [2.24, 2.45) is 0 Å². The van der Waals surface area contributed by atoms with Crippen molar-refractivity contribution in [1.82, 2.24) is 5.32 Å². The molecule has 0 fully saturated rings. The average molecular weight is 202 g/mol. The van der Waals surface area contributed by atoms with Crippen LogP contribution in [-0.4, -0.2) is 23.8 Å². The van der Waals surface area contributed by atoms with Crippen LogP contribution >= 0.6 is 0 Å². The standard InChI is InChI=1S/C10H22N2O2/c1-7(11-6)8(2)12-9(13)14-10(3,4)5/h7-8H,6,11H2,1-5H3,(H,12,13)/t7?,8-/m0/s1. The van der Waals surface area contributed by atoms with Gasteiger partial charge in [-0.3, -0.25) is 0 Å². The molecule has 0 radical (unpaired) electrons. The lowest BCUT2D eigenvalue weighted by molar-refractivity contribution is -0.632. The number of nitrogens with two attached hydrogens (primary N) is 1. The molecular weight excluding hydrogens is 180 g/mol. The SMILES string of the molecule is [CH2-][NH2+]C(C)[C@H](C)NC(=O)OC(C)(C)C. The number of amides is 1. The molecule has 0 aliphatic carbocycles. The molecule has 84 valence electrons. The zero-order valence-corrected chi connectivity index (χ0v) is 9.76. The lowest BCUT2D eigenvalue weighted by Crippen LogP contribution is -2.86. The Labute approximate surface area is 86.4 Å². The van der Waals surface area contributed by atoms with Gasteiger partial charge < -0.3 is 15.4 Å². The maximum atomic E-state index is 11.3. The monoisotopic (exact) mass is 202 g/mol. The summed E-state index contributed by atoms with van der Waals surface area (Å²) in [5.41, 5.74) is -0.443. The van der Waals surface area contributed by atoms with Gasteiger partial charge >= 0.3 is 6.09 Å². The van der Waals surface area contributed by atoms with Crippen LogP contribution in [0.2, 0.25) is 0 Å². The van der Waals surface area contributed by atoms with Gasteiger partial charge in [-0.15, -0.1) is 0 Å². The summed E-state index contributed by atoms with van der Waals surface area (Å²) in [6.45, 7) is 9.45. The summed E-state index contributed by atoms with van der Waals surface area (Å²) in [7, 11) is 3.67. The molecule has 3 N–H and O–H groups in total. The Balaban J connectivity index is 3.95. The lowest BCUT2D eigenvalue weighted by Gasteiger charge is -2.24. The number of quaternary nitrogens is 1. The Morgan fingerprint density at radius 3 is 2.29 bits per heavy atom. The predicted octanol–water partition coefficient (Wildman–Crippen LogP) is 0.643. The highest BCUT2D eigenvalue weighted by molar-refractivity contribution is 5.68. The van der Waals surface area contributed by atoms with E-state index in [1.54, 1.807) is 0 Å². The van der Waals surface area contributed by atoms with Gasteiger partial charge in [0.1, 0.15) is 5.60 Å². The summed E-state index contributed by atoms with van der Waals surface area (Å²) >= 11 is 0. The van der Waals surface area contributed by atoms with E-state index in [2.05, 4.69) is 12.4 Å². The molecule has 0 bridgehead atoms. The van der Waals surface area contributed by atoms with Crippen molar-refractivity contribution >= 4 is 6.09 Å². The molecule has 14 heavy (non-hydrogen) atoms. The second-order valence-corrected chi connectivity index (χ2v) is 4.53. The third kappa shape index (κ3) is 5.80. The Hall–Kier alpha value is -0.770. The third-order valence-corrected chi connectivity index (χ3v) is 1.90. The number of hydrogen-bond acceptors (Lipinski definition) is 2. The van der Waals surface area contributed by atoms with E-state index in [0.29, 0.717) is 0 Å². The molecule has 1 unspecified atom stereocenters. The first kappa shape index (κ1) is 13.2. The summed E-state index contributed by atoms with van der Waals surface area (Å²) in [6, 6.07) is 0.282. The van der Waals surface area contributed by atoms with Crippen molar-refractivity contribution in [2.45, 2.75) is 52.3 Å². The molecule has 2 atom stereocenters. The molecule has 0 saturated carbocycles. The molecule has 0 aliphatic heterocycles. The van der Waals surface area contributed by atoms with Crippen molar-refractivity contribution in [3.63, 3.8) is 0 Å². The number of nitrogens with one attached hydrogen (secondary N) is 1. The highest BCUT2D eigenvalue weighted by atomic mass is 16.6. The van der Waals surface area contributed by atoms with Gasteiger partial charge in [-0.05, 0) is 34.6 Å². The fraction of sp³-hybridized carbons (Fsp3) is 0.800. The molecule has 4 heteroatoms. The summed E-state index contributed by atoms with van der Waals surface area (Å²) in [5, 5.41) is 4.56. The van der Waals surface area contributed by atoms with Gasteiger partial charge in [-0.1, -0.05) is 0 Å². The van der Waals surface area contributed by atoms with Gasteiger partial charge in [-0.2, -0.15) is 7.05 Å². The molecular formula is C10H22N2O2. The van der Waals surface area contributed by atoms with Crippen LogP contribution in [0.25, 0.3) is 0 Å². The summed E-state index contributed by atoms with van der Waals surface area (Å²) in [5.74, 6) is 0. The van der Waals surface area contributed by atoms with Crippen LogP contribution < -0.4 is 10.6 Å². The molecule has 4 nitrogen and oxygen atoms in total. The number of alkyl carbamates (subject to hydrolysis) is 1. The molecule has 0 aromatic heterocycles. The first-order chi connectivity index (χ1) is 6.26. The Morgan fingerprint density at radius 2 is 1.93 bits per heavy atom. The third-order valence-electron chi connectivity index (χ3n) is 1.90. The number of carbonyl (C=O) groups is 1. The molecule has 0 heterocycles. The van der Waals surface area contributed by atoms with E-state index >= 15 is 0 Å². The van der Waals surface area contributed by atoms with Crippen molar-refractivity contribution in [3.05, 3.63) is 7.05 Å². The van der Waals surface area contributed by atoms with Crippen LogP contribution in [0.15, 0.2) is 0 Å². The molecule has 0 aromatic carbocycles. The van der Waals surface area contributed by atoms with Gasteiger partial charge in [0.2, 0.25) is 0 Å². The largest absolute Gasteiger partial charge is 0.475 e. The van der Waals surface area contributed by atoms with Crippen LogP contribution in [0.1, 0.15) is 34.6 Å². The molecule has 1 amide bonds. The van der Waals surface area contributed by atoms with E-state index in [1.807, 2.05) is 39.9 Å². The van der Waals surface area contributed by atoms with Crippen molar-refractivity contribution in [1.29, 1.82) is 0 Å². The predicted molar refractivity (Wildman–Crippen MR) is 55.6 cm³/mol. The minimum Gasteiger partial charge on any atom is -0.475 e. The van der Waals surface area contributed by atoms with Crippen LogP contribution in [0.4, 0.5) is 4.79 Å². The first-order valence-corrected chi connectivity index (χ1v) is 4.88. The zero-order valence-electron chi connectivity index (χ0n) is 9.76. The van der Waals surface area contributed by atoms with E-state index in [0.717, 1.165) is 0 Å². The fourth-order valence-electron chi connectivity index (χ4n) is 0.829. The second-order valence-electron chi connectivity index (χ2n) is 4.53. The topological polar surface area (TPSA) is 54.9 Å². The quantitative estimate of drug-likeness (QED) is 0.660. The van der Waals surface area contributed by atoms with E-state index < -0.39 is 5.60 Å². The molecule has 0 aromatic rings. The van der Waals surface area contributed by atoms with Gasteiger partial charge in [-0.25, -0.2) is 4.79 Å². The average Bonchev–Trinajstić information content (AvgIpc) is 1.99. The van der Waals surface area contributed by atoms with Gasteiger partial charge in [0.15, 0.2) is 0 Å². The Kier molecular flexibility index (Phi) is 4.91. The smallest absolute Gasteiger partial charge is 0.408 e. The van der Waals surface area contributed by atoms with Gasteiger partial charge in [0.25, 0.3) is 0 Å². The second kappa shape index (κ2) is 5.20. The molecule has 0 aliphatic rings. The first-order valence-electron chi connectivity index (χ1n) is 4.88. The van der Waals surface area contributed by atoms with Crippen LogP contribution in [0, 0.1) is 7.05 Å². The zero-order chi connectivity index (χ0) is 11.4. The van der Waals surface area contributed by atoms with Crippen molar-refractivity contribution < 1.29 is 14.8 Å². The maximum absolute atomic E-state index is 11.3. The molecule has 0 spiro atoms. The minimum atomic E-state index is -0.443. The van der Waals surface area contributed by atoms with Gasteiger partial charge in [0, 0.05) is 0 Å². The van der Waals surface area contributed by atoms with E-state index in [4.69, 9.17) is 4.74 Å². The van der Waals surface area contributed by atoms with E-state index in [9.17, 15) is 4.79 Å². The molecule has 0 saturated heterocycles. The number of hydrogen-bond donors (Lipinski definition) is 2. The highest BCUT2D eigenvalue weighted by Crippen LogP contribution is 2.06. The number of ether oxygens (including phenoxy) is 1. The molecule has 0 rings (SSSR count). The Bertz CT molecular complexity index is 187. The van der Waals surface area contributed by atoms with Crippen molar-refractivity contribution in [3.8, 4) is 0 Å². The normalized spacial score (nSPS) is 15.9. The van der Waals surface area contributed by atoms with Crippen LogP contribution in [0.3, 0.4) is 0 Å². The lowest BCUT2D eigenvalue weighted by atomic mass is 10.2. The van der Waals surface area contributed by atoms with Crippen LogP contribution in [0.5, 0.6) is 0 Å². The number of rotatable bonds is 3. The van der Waals surface area contributed by atoms with Gasteiger partial charge in [0.05, 0.1) is 12.1 Å². The van der Waals surface area contributed by atoms with E-state index in [1.165, 1.54) is 0 Å². The summed E-state index contributed by atoms with van der Waals surface area (Å²) < 4.78 is 5.12. The summed E-state index contributed by atoms with van der Waals surface area (Å²) in [6.07, 6.45) is -0.376. The van der Waals surface area contributed by atoms with E-state index in [-0.39, 0.29) is 18.2 Å². The van der Waals surface area contributed by atoms with Crippen molar-refractivity contribution in [2.75, 3.05) is 0 Å².